The summed E-state index contributed by atoms with van der Waals surface area (Å²) < 4.78 is 29.1. The maximum Gasteiger partial charge on any atom is 0.240 e. The quantitative estimate of drug-likeness (QED) is 0.298. The fraction of sp³-hybridized carbons (Fsp3) is 0.208. The van der Waals surface area contributed by atoms with Crippen LogP contribution in [-0.2, 0) is 10.0 Å². The van der Waals surface area contributed by atoms with Crippen LogP contribution in [0.25, 0.3) is 22.4 Å². The zero-order chi connectivity index (χ0) is 24.3. The molecule has 0 radical (unpaired) electrons. The minimum Gasteiger partial charge on any atom is -0.375 e. The van der Waals surface area contributed by atoms with Crippen molar-refractivity contribution in [1.29, 1.82) is 0 Å². The van der Waals surface area contributed by atoms with E-state index in [4.69, 9.17) is 5.73 Å². The van der Waals surface area contributed by atoms with Gasteiger partial charge in [-0.25, -0.2) is 28.1 Å². The molecule has 0 aliphatic carbocycles. The second-order valence-electron chi connectivity index (χ2n) is 8.25. The SMILES string of the molecule is Nc1nc2ccc(C=Cc3cnc(Nc4ccc(S(=O)(=O)NC5CCNCC5)cc4)nc3)cc2s1. The van der Waals surface area contributed by atoms with E-state index in [1.165, 1.54) is 11.3 Å². The molecule has 1 saturated heterocycles. The first-order valence-corrected chi connectivity index (χ1v) is 13.5. The number of nitrogen functional groups attached to an aromatic ring is 1. The lowest BCUT2D eigenvalue weighted by Crippen LogP contribution is -2.42. The lowest BCUT2D eigenvalue weighted by atomic mass is 10.1. The van der Waals surface area contributed by atoms with Gasteiger partial charge in [-0.05, 0) is 67.9 Å². The molecule has 1 fully saturated rings. The number of anilines is 3. The highest BCUT2D eigenvalue weighted by molar-refractivity contribution is 7.89. The van der Waals surface area contributed by atoms with Crippen LogP contribution in [-0.4, -0.2) is 42.5 Å². The van der Waals surface area contributed by atoms with Crippen molar-refractivity contribution in [2.24, 2.45) is 0 Å². The van der Waals surface area contributed by atoms with Crippen molar-refractivity contribution >= 4 is 60.5 Å². The molecule has 9 nitrogen and oxygen atoms in total. The predicted octanol–water partition coefficient (Wildman–Crippen LogP) is 3.61. The number of nitrogens with zero attached hydrogens (tertiary/aromatic N) is 3. The molecule has 0 saturated carbocycles. The number of aromatic nitrogens is 3. The molecule has 0 bridgehead atoms. The van der Waals surface area contributed by atoms with E-state index in [1.807, 2.05) is 30.4 Å². The number of sulfonamides is 1. The summed E-state index contributed by atoms with van der Waals surface area (Å²) in [7, 11) is -3.55. The Morgan fingerprint density at radius 2 is 1.71 bits per heavy atom. The number of nitrogens with one attached hydrogen (secondary N) is 3. The molecular weight excluding hydrogens is 482 g/mol. The number of hydrogen-bond donors (Lipinski definition) is 4. The third-order valence-electron chi connectivity index (χ3n) is 5.65. The van der Waals surface area contributed by atoms with Gasteiger partial charge in [-0.1, -0.05) is 29.6 Å². The molecule has 180 valence electrons. The first-order chi connectivity index (χ1) is 16.9. The summed E-state index contributed by atoms with van der Waals surface area (Å²) in [6, 6.07) is 12.5. The smallest absolute Gasteiger partial charge is 0.240 e. The molecule has 3 heterocycles. The van der Waals surface area contributed by atoms with E-state index in [2.05, 4.69) is 30.3 Å². The lowest BCUT2D eigenvalue weighted by molar-refractivity contribution is 0.427. The molecule has 35 heavy (non-hydrogen) atoms. The van der Waals surface area contributed by atoms with Crippen LogP contribution in [0.4, 0.5) is 16.8 Å². The van der Waals surface area contributed by atoms with Gasteiger partial charge in [0.25, 0.3) is 0 Å². The van der Waals surface area contributed by atoms with Gasteiger partial charge in [-0.3, -0.25) is 0 Å². The van der Waals surface area contributed by atoms with Crippen LogP contribution in [0.2, 0.25) is 0 Å². The fourth-order valence-electron chi connectivity index (χ4n) is 3.82. The highest BCUT2D eigenvalue weighted by atomic mass is 32.2. The molecule has 2 aromatic carbocycles. The van der Waals surface area contributed by atoms with E-state index in [9.17, 15) is 8.42 Å². The number of thiazole rings is 1. The van der Waals surface area contributed by atoms with Crippen molar-refractivity contribution in [3.8, 4) is 0 Å². The van der Waals surface area contributed by atoms with Gasteiger partial charge in [-0.15, -0.1) is 0 Å². The van der Waals surface area contributed by atoms with Crippen molar-refractivity contribution in [2.45, 2.75) is 23.8 Å². The van der Waals surface area contributed by atoms with Crippen LogP contribution < -0.4 is 21.1 Å². The zero-order valence-corrected chi connectivity index (χ0v) is 20.4. The summed E-state index contributed by atoms with van der Waals surface area (Å²) in [5.74, 6) is 0.423. The van der Waals surface area contributed by atoms with Gasteiger partial charge in [0.05, 0.1) is 15.1 Å². The molecule has 0 unspecified atom stereocenters. The van der Waals surface area contributed by atoms with Crippen LogP contribution in [0.15, 0.2) is 59.8 Å². The molecule has 2 aromatic heterocycles. The van der Waals surface area contributed by atoms with Gasteiger partial charge in [0.1, 0.15) is 0 Å². The zero-order valence-electron chi connectivity index (χ0n) is 18.8. The summed E-state index contributed by atoms with van der Waals surface area (Å²) in [5, 5.41) is 6.89. The molecule has 4 aromatic rings. The second kappa shape index (κ2) is 10.1. The van der Waals surface area contributed by atoms with Gasteiger partial charge >= 0.3 is 0 Å². The summed E-state index contributed by atoms with van der Waals surface area (Å²) in [6.45, 7) is 1.64. The number of rotatable bonds is 7. The average Bonchev–Trinajstić information content (AvgIpc) is 3.23. The maximum atomic E-state index is 12.6. The fourth-order valence-corrected chi connectivity index (χ4v) is 5.91. The Morgan fingerprint density at radius 1 is 1.00 bits per heavy atom. The molecule has 1 aliphatic rings. The second-order valence-corrected chi connectivity index (χ2v) is 11.0. The molecule has 5 N–H and O–H groups in total. The van der Waals surface area contributed by atoms with Crippen molar-refractivity contribution in [1.82, 2.24) is 25.0 Å². The molecule has 0 spiro atoms. The van der Waals surface area contributed by atoms with E-state index >= 15 is 0 Å². The van der Waals surface area contributed by atoms with E-state index in [0.29, 0.717) is 16.8 Å². The summed E-state index contributed by atoms with van der Waals surface area (Å²) in [6.07, 6.45) is 8.94. The monoisotopic (exact) mass is 507 g/mol. The topological polar surface area (TPSA) is 135 Å². The summed E-state index contributed by atoms with van der Waals surface area (Å²) >= 11 is 1.46. The highest BCUT2D eigenvalue weighted by Crippen LogP contribution is 2.25. The van der Waals surface area contributed by atoms with Gasteiger partial charge in [-0.2, -0.15) is 0 Å². The number of benzene rings is 2. The van der Waals surface area contributed by atoms with Crippen LogP contribution in [0.3, 0.4) is 0 Å². The van der Waals surface area contributed by atoms with E-state index in [-0.39, 0.29) is 10.9 Å². The van der Waals surface area contributed by atoms with Crippen molar-refractivity contribution in [3.05, 3.63) is 66.0 Å². The largest absolute Gasteiger partial charge is 0.375 e. The normalized spacial score (nSPS) is 15.1. The number of hydrogen-bond acceptors (Lipinski definition) is 9. The Morgan fingerprint density at radius 3 is 2.46 bits per heavy atom. The molecule has 5 rings (SSSR count). The van der Waals surface area contributed by atoms with E-state index < -0.39 is 10.0 Å². The lowest BCUT2D eigenvalue weighted by Gasteiger charge is -2.23. The van der Waals surface area contributed by atoms with Gasteiger partial charge in [0.15, 0.2) is 5.13 Å². The predicted molar refractivity (Wildman–Crippen MR) is 141 cm³/mol. The number of fused-ring (bicyclic) bond motifs is 1. The molecule has 0 atom stereocenters. The summed E-state index contributed by atoms with van der Waals surface area (Å²) in [5.41, 5.74) is 9.25. The number of nitrogens with two attached hydrogens (primary N) is 1. The van der Waals surface area contributed by atoms with Crippen molar-refractivity contribution < 1.29 is 8.42 Å². The summed E-state index contributed by atoms with van der Waals surface area (Å²) in [4.78, 5) is 13.2. The Balaban J connectivity index is 1.20. The molecule has 0 amide bonds. The number of piperidine rings is 1. The van der Waals surface area contributed by atoms with Gasteiger partial charge in [0.2, 0.25) is 16.0 Å². The molecule has 11 heteroatoms. The standard InChI is InChI=1S/C24H25N7O2S2/c25-23-30-21-8-3-16(13-22(21)34-23)1-2-17-14-27-24(28-15-17)29-18-4-6-20(7-5-18)35(32,33)31-19-9-11-26-12-10-19/h1-8,13-15,19,26,31H,9-12H2,(H2,25,30)(H,27,28,29). The Kier molecular flexibility index (Phi) is 6.73. The third-order valence-corrected chi connectivity index (χ3v) is 8.03. The van der Waals surface area contributed by atoms with E-state index in [1.54, 1.807) is 36.7 Å². The van der Waals surface area contributed by atoms with Crippen molar-refractivity contribution in [3.63, 3.8) is 0 Å². The van der Waals surface area contributed by atoms with Crippen LogP contribution >= 0.6 is 11.3 Å². The Hall–Kier alpha value is -3.38. The van der Waals surface area contributed by atoms with E-state index in [0.717, 1.165) is 47.3 Å². The van der Waals surface area contributed by atoms with Crippen LogP contribution in [0.5, 0.6) is 0 Å². The van der Waals surface area contributed by atoms with Gasteiger partial charge < -0.3 is 16.4 Å². The third kappa shape index (κ3) is 5.82. The molecular formula is C24H25N7O2S2. The Bertz CT molecular complexity index is 1440. The first kappa shape index (κ1) is 23.4. The minimum atomic E-state index is -3.55. The van der Waals surface area contributed by atoms with Gasteiger partial charge in [0, 0.05) is 29.7 Å². The Labute approximate surface area is 207 Å². The minimum absolute atomic E-state index is 0.0330. The molecule has 1 aliphatic heterocycles. The average molecular weight is 508 g/mol. The van der Waals surface area contributed by atoms with Crippen molar-refractivity contribution in [2.75, 3.05) is 24.1 Å². The maximum absolute atomic E-state index is 12.6. The first-order valence-electron chi connectivity index (χ1n) is 11.2. The van der Waals surface area contributed by atoms with Crippen LogP contribution in [0.1, 0.15) is 24.0 Å². The highest BCUT2D eigenvalue weighted by Gasteiger charge is 2.21. The van der Waals surface area contributed by atoms with Crippen LogP contribution in [0, 0.1) is 0 Å².